The smallest absolute Gasteiger partial charge is 0.331 e. The third-order valence-electron chi connectivity index (χ3n) is 5.87. The highest BCUT2D eigenvalue weighted by atomic mass is 79.9. The number of benzene rings is 2. The lowest BCUT2D eigenvalue weighted by atomic mass is 9.93. The van der Waals surface area contributed by atoms with Gasteiger partial charge in [0, 0.05) is 21.6 Å². The number of urea groups is 1. The maximum atomic E-state index is 13.2. The fourth-order valence-electron chi connectivity index (χ4n) is 4.17. The molecule has 4 amide bonds. The van der Waals surface area contributed by atoms with Gasteiger partial charge in [0.2, 0.25) is 0 Å². The topological polar surface area (TPSA) is 99.5 Å². The van der Waals surface area contributed by atoms with Gasteiger partial charge in [-0.05, 0) is 43.2 Å². The Morgan fingerprint density at radius 2 is 1.88 bits per heavy atom. The van der Waals surface area contributed by atoms with E-state index in [1.807, 2.05) is 6.07 Å². The van der Waals surface area contributed by atoms with Gasteiger partial charge in [-0.15, -0.1) is 0 Å². The molecule has 2 aliphatic rings. The van der Waals surface area contributed by atoms with Crippen molar-refractivity contribution in [1.82, 2.24) is 10.2 Å². The van der Waals surface area contributed by atoms with Crippen LogP contribution in [0.25, 0.3) is 6.08 Å². The summed E-state index contributed by atoms with van der Waals surface area (Å²) in [5, 5.41) is 11.6. The van der Waals surface area contributed by atoms with Crippen molar-refractivity contribution in [3.63, 3.8) is 0 Å². The number of imide groups is 2. The Morgan fingerprint density at radius 1 is 1.12 bits per heavy atom. The highest BCUT2D eigenvalue weighted by molar-refractivity contribution is 9.10. The van der Waals surface area contributed by atoms with Gasteiger partial charge in [-0.25, -0.2) is 4.79 Å². The lowest BCUT2D eigenvalue weighted by Gasteiger charge is -2.35. The van der Waals surface area contributed by atoms with Crippen LogP contribution in [0.1, 0.15) is 48.8 Å². The number of nitrogens with one attached hydrogen (secondary N) is 1. The number of carbonyl (C=O) groups is 3. The van der Waals surface area contributed by atoms with E-state index < -0.39 is 17.8 Å². The molecule has 168 valence electrons. The third kappa shape index (κ3) is 4.99. The van der Waals surface area contributed by atoms with E-state index in [0.717, 1.165) is 42.1 Å². The zero-order valence-electron chi connectivity index (χ0n) is 17.8. The number of hydrogen-bond acceptors (Lipinski definition) is 5. The fraction of sp³-hybridized carbons (Fsp3) is 0.280. The van der Waals surface area contributed by atoms with Crippen LogP contribution in [0.15, 0.2) is 52.5 Å². The predicted octanol–water partition coefficient (Wildman–Crippen LogP) is 4.69. The van der Waals surface area contributed by atoms with Crippen molar-refractivity contribution in [3.8, 4) is 11.8 Å². The van der Waals surface area contributed by atoms with E-state index in [9.17, 15) is 19.6 Å². The van der Waals surface area contributed by atoms with E-state index in [0.29, 0.717) is 16.9 Å². The van der Waals surface area contributed by atoms with E-state index in [2.05, 4.69) is 27.3 Å². The molecule has 0 aromatic heterocycles. The molecule has 1 aliphatic carbocycles. The molecule has 2 aromatic rings. The van der Waals surface area contributed by atoms with E-state index in [1.54, 1.807) is 36.4 Å². The maximum Gasteiger partial charge on any atom is 0.331 e. The number of barbiturate groups is 1. The zero-order valence-corrected chi connectivity index (χ0v) is 19.4. The van der Waals surface area contributed by atoms with Crippen molar-refractivity contribution in [2.45, 2.75) is 44.8 Å². The average molecular weight is 508 g/mol. The van der Waals surface area contributed by atoms with Crippen molar-refractivity contribution < 1.29 is 19.1 Å². The van der Waals surface area contributed by atoms with Crippen LogP contribution in [0.2, 0.25) is 0 Å². The molecular weight excluding hydrogens is 486 g/mol. The van der Waals surface area contributed by atoms with Crippen LogP contribution >= 0.6 is 15.9 Å². The Balaban J connectivity index is 1.63. The van der Waals surface area contributed by atoms with E-state index in [4.69, 9.17) is 4.74 Å². The van der Waals surface area contributed by atoms with Crippen LogP contribution in [0.4, 0.5) is 4.79 Å². The van der Waals surface area contributed by atoms with Crippen LogP contribution in [0.5, 0.6) is 5.75 Å². The molecule has 1 N–H and O–H groups in total. The standard InChI is InChI=1S/C25H22BrN3O4/c26-19-10-11-22(33-15-17-7-5-4-6-16(17)14-27)18(12-19)13-21-23(30)28-25(32)29(24(21)31)20-8-2-1-3-9-20/h4-7,10-13,20H,1-3,8-9,15H2,(H,28,30,32). The number of rotatable bonds is 5. The molecule has 0 bridgehead atoms. The van der Waals surface area contributed by atoms with Crippen LogP contribution in [-0.4, -0.2) is 28.8 Å². The Labute approximate surface area is 200 Å². The molecule has 1 heterocycles. The first-order valence-corrected chi connectivity index (χ1v) is 11.6. The lowest BCUT2D eigenvalue weighted by Crippen LogP contribution is -2.58. The number of hydrogen-bond donors (Lipinski definition) is 1. The number of halogens is 1. The molecule has 0 radical (unpaired) electrons. The normalized spacial score (nSPS) is 18.2. The third-order valence-corrected chi connectivity index (χ3v) is 6.36. The second-order valence-corrected chi connectivity index (χ2v) is 8.94. The van der Waals surface area contributed by atoms with Crippen LogP contribution in [-0.2, 0) is 16.2 Å². The lowest BCUT2D eigenvalue weighted by molar-refractivity contribution is -0.132. The molecule has 1 aliphatic heterocycles. The molecule has 7 nitrogen and oxygen atoms in total. The summed E-state index contributed by atoms with van der Waals surface area (Å²) in [4.78, 5) is 39.4. The largest absolute Gasteiger partial charge is 0.488 e. The molecule has 2 aromatic carbocycles. The Kier molecular flexibility index (Phi) is 6.90. The van der Waals surface area contributed by atoms with Gasteiger partial charge in [0.05, 0.1) is 11.6 Å². The van der Waals surface area contributed by atoms with E-state index >= 15 is 0 Å². The van der Waals surface area contributed by atoms with Crippen molar-refractivity contribution >= 4 is 39.9 Å². The molecule has 0 unspecified atom stereocenters. The predicted molar refractivity (Wildman–Crippen MR) is 125 cm³/mol. The summed E-state index contributed by atoms with van der Waals surface area (Å²) < 4.78 is 6.70. The quantitative estimate of drug-likeness (QED) is 0.467. The number of carbonyl (C=O) groups excluding carboxylic acids is 3. The van der Waals surface area contributed by atoms with E-state index in [-0.39, 0.29) is 18.2 Å². The highest BCUT2D eigenvalue weighted by Gasteiger charge is 2.40. The van der Waals surface area contributed by atoms with Crippen LogP contribution < -0.4 is 10.1 Å². The molecule has 0 atom stereocenters. The molecule has 1 saturated heterocycles. The van der Waals surface area contributed by atoms with Crippen molar-refractivity contribution in [2.75, 3.05) is 0 Å². The van der Waals surface area contributed by atoms with Gasteiger partial charge in [0.15, 0.2) is 0 Å². The van der Waals surface area contributed by atoms with Crippen molar-refractivity contribution in [1.29, 1.82) is 5.26 Å². The molecule has 2 fully saturated rings. The van der Waals surface area contributed by atoms with Crippen LogP contribution in [0, 0.1) is 11.3 Å². The Bertz CT molecular complexity index is 1180. The first-order chi connectivity index (χ1) is 16.0. The summed E-state index contributed by atoms with van der Waals surface area (Å²) >= 11 is 3.42. The molecule has 1 saturated carbocycles. The highest BCUT2D eigenvalue weighted by Crippen LogP contribution is 2.30. The molecule has 4 rings (SSSR count). The minimum atomic E-state index is -0.724. The minimum Gasteiger partial charge on any atom is -0.488 e. The van der Waals surface area contributed by atoms with Gasteiger partial charge in [0.1, 0.15) is 17.9 Å². The molecular formula is C25H22BrN3O4. The summed E-state index contributed by atoms with van der Waals surface area (Å²) in [6, 6.07) is 13.6. The summed E-state index contributed by atoms with van der Waals surface area (Å²) in [6.07, 6.45) is 5.91. The van der Waals surface area contributed by atoms with Gasteiger partial charge in [-0.1, -0.05) is 53.4 Å². The van der Waals surface area contributed by atoms with Gasteiger partial charge < -0.3 is 4.74 Å². The number of nitriles is 1. The maximum absolute atomic E-state index is 13.2. The second-order valence-electron chi connectivity index (χ2n) is 8.02. The zero-order chi connectivity index (χ0) is 23.4. The van der Waals surface area contributed by atoms with Crippen molar-refractivity contribution in [3.05, 3.63) is 69.2 Å². The average Bonchev–Trinajstić information content (AvgIpc) is 2.82. The van der Waals surface area contributed by atoms with Gasteiger partial charge in [0.25, 0.3) is 11.8 Å². The molecule has 8 heteroatoms. The summed E-state index contributed by atoms with van der Waals surface area (Å²) in [5.41, 5.74) is 1.64. The van der Waals surface area contributed by atoms with Gasteiger partial charge in [-0.2, -0.15) is 5.26 Å². The molecule has 33 heavy (non-hydrogen) atoms. The van der Waals surface area contributed by atoms with Gasteiger partial charge in [-0.3, -0.25) is 19.8 Å². The van der Waals surface area contributed by atoms with Crippen LogP contribution in [0.3, 0.4) is 0 Å². The fourth-order valence-corrected chi connectivity index (χ4v) is 4.55. The van der Waals surface area contributed by atoms with Crippen molar-refractivity contribution in [2.24, 2.45) is 0 Å². The van der Waals surface area contributed by atoms with E-state index in [1.165, 1.54) is 11.0 Å². The van der Waals surface area contributed by atoms with Gasteiger partial charge >= 0.3 is 6.03 Å². The minimum absolute atomic E-state index is 0.111. The monoisotopic (exact) mass is 507 g/mol. The first kappa shape index (κ1) is 22.7. The number of nitrogens with zero attached hydrogens (tertiary/aromatic N) is 2. The SMILES string of the molecule is N#Cc1ccccc1COc1ccc(Br)cc1C=C1C(=O)NC(=O)N(C2CCCCC2)C1=O. The summed E-state index contributed by atoms with van der Waals surface area (Å²) in [5.74, 6) is -0.866. The summed E-state index contributed by atoms with van der Waals surface area (Å²) in [6.45, 7) is 0.147. The Hall–Kier alpha value is -3.44. The second kappa shape index (κ2) is 10.0. The molecule has 0 spiro atoms. The number of amides is 4. The first-order valence-electron chi connectivity index (χ1n) is 10.8. The number of ether oxygens (including phenoxy) is 1. The summed E-state index contributed by atoms with van der Waals surface area (Å²) in [7, 11) is 0. The Morgan fingerprint density at radius 3 is 2.64 bits per heavy atom.